The highest BCUT2D eigenvalue weighted by atomic mass is 127. The standard InChI is InChI=1S/C18H20I2O2S/c1-3-11-17(13-7-5-9-15(17)19)23(21,22)18(12-4-2)14-8-6-10-16(18)20/h3-16H,1-2H3. The molecule has 0 saturated heterocycles. The van der Waals surface area contributed by atoms with Crippen molar-refractivity contribution in [1.29, 1.82) is 0 Å². The first-order valence-corrected chi connectivity index (χ1v) is 11.4. The summed E-state index contributed by atoms with van der Waals surface area (Å²) in [6.07, 6.45) is 22.3. The molecule has 4 atom stereocenters. The number of hydrogen-bond acceptors (Lipinski definition) is 2. The molecule has 2 aliphatic rings. The Balaban J connectivity index is 2.75. The summed E-state index contributed by atoms with van der Waals surface area (Å²) in [5.74, 6) is 0. The molecule has 0 amide bonds. The molecule has 0 aromatic carbocycles. The number of halogens is 2. The molecule has 0 N–H and O–H groups in total. The third kappa shape index (κ3) is 2.97. The molecule has 2 aliphatic carbocycles. The maximum absolute atomic E-state index is 13.9. The lowest BCUT2D eigenvalue weighted by molar-refractivity contribution is 0.556. The van der Waals surface area contributed by atoms with E-state index in [1.807, 2.05) is 86.8 Å². The van der Waals surface area contributed by atoms with Crippen LogP contribution in [0.3, 0.4) is 0 Å². The second-order valence-corrected chi connectivity index (χ2v) is 10.6. The van der Waals surface area contributed by atoms with Gasteiger partial charge in [0, 0.05) is 0 Å². The Bertz CT molecular complexity index is 672. The minimum atomic E-state index is -3.60. The molecule has 2 nitrogen and oxygen atoms in total. The van der Waals surface area contributed by atoms with Gasteiger partial charge in [-0.2, -0.15) is 0 Å². The van der Waals surface area contributed by atoms with Crippen LogP contribution in [0, 0.1) is 0 Å². The molecule has 0 radical (unpaired) electrons. The average molecular weight is 554 g/mol. The molecule has 0 bridgehead atoms. The van der Waals surface area contributed by atoms with Crippen molar-refractivity contribution in [1.82, 2.24) is 0 Å². The summed E-state index contributed by atoms with van der Waals surface area (Å²) in [5, 5.41) is 0. The molecule has 4 unspecified atom stereocenters. The van der Waals surface area contributed by atoms with Crippen molar-refractivity contribution in [2.75, 3.05) is 0 Å². The van der Waals surface area contributed by atoms with Gasteiger partial charge < -0.3 is 0 Å². The van der Waals surface area contributed by atoms with E-state index < -0.39 is 19.3 Å². The Morgan fingerprint density at radius 2 is 1.22 bits per heavy atom. The highest BCUT2D eigenvalue weighted by Crippen LogP contribution is 2.46. The van der Waals surface area contributed by atoms with E-state index in [9.17, 15) is 8.42 Å². The van der Waals surface area contributed by atoms with Gasteiger partial charge in [0.15, 0.2) is 9.84 Å². The van der Waals surface area contributed by atoms with E-state index in [0.29, 0.717) is 0 Å². The van der Waals surface area contributed by atoms with Crippen molar-refractivity contribution in [3.63, 3.8) is 0 Å². The van der Waals surface area contributed by atoms with Gasteiger partial charge in [-0.15, -0.1) is 0 Å². The number of sulfone groups is 1. The molecule has 23 heavy (non-hydrogen) atoms. The van der Waals surface area contributed by atoms with Crippen molar-refractivity contribution in [2.45, 2.75) is 31.2 Å². The van der Waals surface area contributed by atoms with Gasteiger partial charge >= 0.3 is 0 Å². The summed E-state index contributed by atoms with van der Waals surface area (Å²) in [5.41, 5.74) is 0. The zero-order chi connectivity index (χ0) is 17.1. The zero-order valence-electron chi connectivity index (χ0n) is 13.1. The van der Waals surface area contributed by atoms with Gasteiger partial charge in [-0.1, -0.05) is 118 Å². The summed E-state index contributed by atoms with van der Waals surface area (Å²) in [6, 6.07) is 0. The normalized spacial score (nSPS) is 37.2. The number of allylic oxidation sites excluding steroid dienone is 8. The van der Waals surface area contributed by atoms with Crippen molar-refractivity contribution < 1.29 is 8.42 Å². The molecule has 124 valence electrons. The number of hydrogen-bond donors (Lipinski definition) is 0. The van der Waals surface area contributed by atoms with E-state index >= 15 is 0 Å². The van der Waals surface area contributed by atoms with Crippen molar-refractivity contribution >= 4 is 55.0 Å². The molecule has 0 aromatic heterocycles. The Morgan fingerprint density at radius 3 is 1.52 bits per heavy atom. The molecule has 5 heteroatoms. The van der Waals surface area contributed by atoms with E-state index in [2.05, 4.69) is 45.2 Å². The van der Waals surface area contributed by atoms with Crippen LogP contribution in [0.1, 0.15) is 13.8 Å². The van der Waals surface area contributed by atoms with Gasteiger partial charge in [0.05, 0.1) is 7.85 Å². The SMILES string of the molecule is CC=CC1(S(=O)(=O)C2(C=CC)C=CC=CC2I)C=CC=CC1I. The fourth-order valence-electron chi connectivity index (χ4n) is 3.00. The number of rotatable bonds is 4. The maximum atomic E-state index is 13.9. The fraction of sp³-hybridized carbons (Fsp3) is 0.333. The van der Waals surface area contributed by atoms with Crippen molar-refractivity contribution in [3.8, 4) is 0 Å². The lowest BCUT2D eigenvalue weighted by atomic mass is 9.98. The highest BCUT2D eigenvalue weighted by Gasteiger charge is 2.57. The lowest BCUT2D eigenvalue weighted by Gasteiger charge is -2.42. The molecule has 0 aliphatic heterocycles. The first kappa shape index (κ1) is 19.2. The van der Waals surface area contributed by atoms with E-state index in [0.717, 1.165) is 0 Å². The Kier molecular flexibility index (Phi) is 6.16. The van der Waals surface area contributed by atoms with Crippen LogP contribution in [0.2, 0.25) is 0 Å². The summed E-state index contributed by atoms with van der Waals surface area (Å²) < 4.78 is 25.4. The van der Waals surface area contributed by atoms with E-state index in [-0.39, 0.29) is 7.85 Å². The molecule has 0 heterocycles. The van der Waals surface area contributed by atoms with Gasteiger partial charge in [-0.25, -0.2) is 8.42 Å². The first-order valence-electron chi connectivity index (χ1n) is 7.40. The smallest absolute Gasteiger partial charge is 0.178 e. The van der Waals surface area contributed by atoms with Crippen LogP contribution in [0.15, 0.2) is 72.9 Å². The molecule has 0 fully saturated rings. The minimum Gasteiger partial charge on any atom is -0.226 e. The van der Waals surface area contributed by atoms with Gasteiger partial charge in [0.1, 0.15) is 9.49 Å². The van der Waals surface area contributed by atoms with E-state index in [1.165, 1.54) is 0 Å². The monoisotopic (exact) mass is 554 g/mol. The van der Waals surface area contributed by atoms with Gasteiger partial charge in [-0.05, 0) is 13.8 Å². The number of alkyl halides is 2. The Labute approximate surface area is 166 Å². The quantitative estimate of drug-likeness (QED) is 0.282. The fourth-order valence-corrected chi connectivity index (χ4v) is 8.82. The van der Waals surface area contributed by atoms with Crippen molar-refractivity contribution in [2.24, 2.45) is 0 Å². The van der Waals surface area contributed by atoms with Crippen LogP contribution >= 0.6 is 45.2 Å². The minimum absolute atomic E-state index is 0.156. The third-order valence-electron chi connectivity index (χ3n) is 4.14. The largest absolute Gasteiger partial charge is 0.226 e. The second kappa shape index (κ2) is 7.39. The van der Waals surface area contributed by atoms with Gasteiger partial charge in [0.25, 0.3) is 0 Å². The van der Waals surface area contributed by atoms with Crippen LogP contribution in [0.25, 0.3) is 0 Å². The Hall–Kier alpha value is -0.150. The van der Waals surface area contributed by atoms with Crippen molar-refractivity contribution in [3.05, 3.63) is 72.9 Å². The summed E-state index contributed by atoms with van der Waals surface area (Å²) in [6.45, 7) is 3.74. The summed E-state index contributed by atoms with van der Waals surface area (Å²) >= 11 is 4.44. The zero-order valence-corrected chi connectivity index (χ0v) is 18.2. The highest BCUT2D eigenvalue weighted by molar-refractivity contribution is 14.1. The Morgan fingerprint density at radius 1 is 0.826 bits per heavy atom. The first-order chi connectivity index (χ1) is 10.9. The second-order valence-electron chi connectivity index (χ2n) is 5.50. The predicted molar refractivity (Wildman–Crippen MR) is 116 cm³/mol. The summed E-state index contributed by atoms with van der Waals surface area (Å²) in [7, 11) is -3.60. The average Bonchev–Trinajstić information content (AvgIpc) is 2.52. The maximum Gasteiger partial charge on any atom is 0.178 e. The van der Waals surface area contributed by atoms with Gasteiger partial charge in [-0.3, -0.25) is 0 Å². The molecule has 0 saturated carbocycles. The van der Waals surface area contributed by atoms with Gasteiger partial charge in [0.2, 0.25) is 0 Å². The van der Waals surface area contributed by atoms with Crippen LogP contribution in [-0.4, -0.2) is 25.8 Å². The molecule has 0 aromatic rings. The van der Waals surface area contributed by atoms with Crippen LogP contribution < -0.4 is 0 Å². The predicted octanol–water partition coefficient (Wildman–Crippen LogP) is 4.89. The summed E-state index contributed by atoms with van der Waals surface area (Å²) in [4.78, 5) is 0. The van der Waals surface area contributed by atoms with Crippen LogP contribution in [-0.2, 0) is 9.84 Å². The molecule has 0 spiro atoms. The van der Waals surface area contributed by atoms with Crippen LogP contribution in [0.4, 0.5) is 0 Å². The van der Waals surface area contributed by atoms with E-state index in [1.54, 1.807) is 0 Å². The topological polar surface area (TPSA) is 34.1 Å². The molecule has 2 rings (SSSR count). The molecular weight excluding hydrogens is 534 g/mol. The van der Waals surface area contributed by atoms with Crippen LogP contribution in [0.5, 0.6) is 0 Å². The molecular formula is C18H20I2O2S. The van der Waals surface area contributed by atoms with E-state index in [4.69, 9.17) is 0 Å². The third-order valence-corrected chi connectivity index (χ3v) is 10.8. The lowest BCUT2D eigenvalue weighted by Crippen LogP contribution is -2.56.